The molecule has 1 fully saturated rings. The summed E-state index contributed by atoms with van der Waals surface area (Å²) in [7, 11) is 3.36. The molecule has 1 saturated heterocycles. The van der Waals surface area contributed by atoms with Crippen LogP contribution in [0.2, 0.25) is 0 Å². The monoisotopic (exact) mass is 684 g/mol. The van der Waals surface area contributed by atoms with Crippen LogP contribution in [0, 0.1) is 23.7 Å². The Hall–Kier alpha value is -2.85. The zero-order valence-corrected chi connectivity index (χ0v) is 32.0. The number of carbonyl (C=O) groups is 1. The van der Waals surface area contributed by atoms with Crippen LogP contribution in [0.25, 0.3) is 0 Å². The van der Waals surface area contributed by atoms with Gasteiger partial charge in [0, 0.05) is 20.1 Å². The SMILES string of the molecule is COCCCOc1cc(C[C@@H](C[C@H]2[C@H](C[C@H](COCc3ccccc3)C(C)C)OC(C)(C)N2NC(=O)OC(C)(C)C)C(C)C)ccc1OC. The number of amides is 1. The number of hydrogen-bond acceptors (Lipinski definition) is 8. The molecule has 3 rings (SSSR count). The first kappa shape index (κ1) is 40.6. The van der Waals surface area contributed by atoms with Crippen molar-refractivity contribution in [3.63, 3.8) is 0 Å². The second-order valence-corrected chi connectivity index (χ2v) is 15.5. The van der Waals surface area contributed by atoms with Gasteiger partial charge in [0.15, 0.2) is 11.5 Å². The number of methoxy groups -OCH3 is 2. The van der Waals surface area contributed by atoms with Crippen LogP contribution in [0.15, 0.2) is 48.5 Å². The summed E-state index contributed by atoms with van der Waals surface area (Å²) in [6.07, 6.45) is 2.65. The molecule has 49 heavy (non-hydrogen) atoms. The van der Waals surface area contributed by atoms with Gasteiger partial charge in [-0.1, -0.05) is 64.1 Å². The summed E-state index contributed by atoms with van der Waals surface area (Å²) in [6.45, 7) is 21.1. The summed E-state index contributed by atoms with van der Waals surface area (Å²) in [5.74, 6) is 2.77. The van der Waals surface area contributed by atoms with E-state index in [-0.39, 0.29) is 24.0 Å². The Balaban J connectivity index is 1.87. The lowest BCUT2D eigenvalue weighted by molar-refractivity contribution is -0.101. The molecule has 0 saturated carbocycles. The topological polar surface area (TPSA) is 87.7 Å². The van der Waals surface area contributed by atoms with Gasteiger partial charge in [-0.05, 0) is 101 Å². The first-order chi connectivity index (χ1) is 23.1. The van der Waals surface area contributed by atoms with E-state index in [1.165, 1.54) is 5.56 Å². The Labute approximate surface area is 296 Å². The van der Waals surface area contributed by atoms with Crippen molar-refractivity contribution >= 4 is 6.09 Å². The summed E-state index contributed by atoms with van der Waals surface area (Å²) in [5, 5.41) is 2.00. The van der Waals surface area contributed by atoms with Crippen molar-refractivity contribution < 1.29 is 33.2 Å². The van der Waals surface area contributed by atoms with E-state index in [4.69, 9.17) is 28.4 Å². The van der Waals surface area contributed by atoms with Crippen molar-refractivity contribution in [3.8, 4) is 11.5 Å². The van der Waals surface area contributed by atoms with E-state index in [1.807, 2.05) is 63.9 Å². The van der Waals surface area contributed by atoms with Crippen LogP contribution in [-0.2, 0) is 32.0 Å². The Bertz CT molecular complexity index is 1260. The molecule has 276 valence electrons. The number of hydrazine groups is 1. The van der Waals surface area contributed by atoms with Crippen molar-refractivity contribution in [2.75, 3.05) is 34.0 Å². The van der Waals surface area contributed by atoms with Gasteiger partial charge in [0.05, 0.1) is 39.1 Å². The van der Waals surface area contributed by atoms with E-state index in [0.717, 1.165) is 42.7 Å². The lowest BCUT2D eigenvalue weighted by Gasteiger charge is -2.36. The second-order valence-electron chi connectivity index (χ2n) is 15.5. The maximum atomic E-state index is 13.2. The minimum atomic E-state index is -0.747. The van der Waals surface area contributed by atoms with Crippen molar-refractivity contribution in [1.82, 2.24) is 10.4 Å². The van der Waals surface area contributed by atoms with E-state index in [9.17, 15) is 4.79 Å². The number of hydrogen-bond donors (Lipinski definition) is 1. The predicted molar refractivity (Wildman–Crippen MR) is 195 cm³/mol. The summed E-state index contributed by atoms with van der Waals surface area (Å²) in [4.78, 5) is 13.2. The highest BCUT2D eigenvalue weighted by atomic mass is 16.6. The van der Waals surface area contributed by atoms with E-state index in [0.29, 0.717) is 38.3 Å². The van der Waals surface area contributed by atoms with Gasteiger partial charge in [0.2, 0.25) is 0 Å². The maximum Gasteiger partial charge on any atom is 0.422 e. The normalized spacial score (nSPS) is 19.2. The molecule has 0 radical (unpaired) electrons. The minimum Gasteiger partial charge on any atom is -0.493 e. The van der Waals surface area contributed by atoms with Gasteiger partial charge >= 0.3 is 6.09 Å². The molecule has 1 heterocycles. The van der Waals surface area contributed by atoms with Gasteiger partial charge in [-0.25, -0.2) is 4.79 Å². The number of ether oxygens (including phenoxy) is 6. The average Bonchev–Trinajstić information content (AvgIpc) is 3.25. The van der Waals surface area contributed by atoms with E-state index >= 15 is 0 Å². The molecule has 0 bridgehead atoms. The molecule has 9 heteroatoms. The van der Waals surface area contributed by atoms with Crippen LogP contribution < -0.4 is 14.9 Å². The molecule has 1 aliphatic heterocycles. The summed E-state index contributed by atoms with van der Waals surface area (Å²) < 4.78 is 35.7. The van der Waals surface area contributed by atoms with Gasteiger partial charge < -0.3 is 28.4 Å². The van der Waals surface area contributed by atoms with Gasteiger partial charge in [0.25, 0.3) is 0 Å². The number of carbonyl (C=O) groups excluding carboxylic acids is 1. The zero-order chi connectivity index (χ0) is 36.2. The number of nitrogens with zero attached hydrogens (tertiary/aromatic N) is 1. The fourth-order valence-electron chi connectivity index (χ4n) is 6.43. The maximum absolute atomic E-state index is 13.2. The van der Waals surface area contributed by atoms with Crippen LogP contribution in [0.5, 0.6) is 11.5 Å². The molecule has 0 aliphatic carbocycles. The summed E-state index contributed by atoms with van der Waals surface area (Å²) in [6, 6.07) is 16.4. The van der Waals surface area contributed by atoms with Crippen molar-refractivity contribution in [2.24, 2.45) is 23.7 Å². The van der Waals surface area contributed by atoms with Crippen LogP contribution in [-0.4, -0.2) is 68.6 Å². The summed E-state index contributed by atoms with van der Waals surface area (Å²) >= 11 is 0. The van der Waals surface area contributed by atoms with Crippen LogP contribution >= 0.6 is 0 Å². The third kappa shape index (κ3) is 13.1. The molecule has 9 nitrogen and oxygen atoms in total. The molecule has 0 aromatic heterocycles. The number of rotatable bonds is 19. The number of benzene rings is 2. The number of nitrogens with one attached hydrogen (secondary N) is 1. The third-order valence-electron chi connectivity index (χ3n) is 9.28. The van der Waals surface area contributed by atoms with Gasteiger partial charge in [-0.3, -0.25) is 5.43 Å². The van der Waals surface area contributed by atoms with Crippen LogP contribution in [0.1, 0.15) is 92.7 Å². The van der Waals surface area contributed by atoms with Crippen molar-refractivity contribution in [2.45, 2.75) is 118 Å². The van der Waals surface area contributed by atoms with Crippen molar-refractivity contribution in [3.05, 3.63) is 59.7 Å². The molecular formula is C40H64N2O7. The molecule has 0 spiro atoms. The quantitative estimate of drug-likeness (QED) is 0.148. The molecule has 1 aliphatic rings. The van der Waals surface area contributed by atoms with Crippen molar-refractivity contribution in [1.29, 1.82) is 0 Å². The van der Waals surface area contributed by atoms with Gasteiger partial charge in [-0.15, -0.1) is 0 Å². The molecular weight excluding hydrogens is 620 g/mol. The zero-order valence-electron chi connectivity index (χ0n) is 32.0. The van der Waals surface area contributed by atoms with Crippen LogP contribution in [0.3, 0.4) is 0 Å². The average molecular weight is 685 g/mol. The molecule has 2 aromatic carbocycles. The molecule has 1 amide bonds. The Morgan fingerprint density at radius 3 is 2.22 bits per heavy atom. The fourth-order valence-corrected chi connectivity index (χ4v) is 6.43. The van der Waals surface area contributed by atoms with Crippen LogP contribution in [0.4, 0.5) is 4.79 Å². The van der Waals surface area contributed by atoms with Gasteiger partial charge in [0.1, 0.15) is 11.3 Å². The second kappa shape index (κ2) is 18.9. The third-order valence-corrected chi connectivity index (χ3v) is 9.28. The summed E-state index contributed by atoms with van der Waals surface area (Å²) in [5.41, 5.74) is 4.08. The van der Waals surface area contributed by atoms with Gasteiger partial charge in [-0.2, -0.15) is 5.01 Å². The highest BCUT2D eigenvalue weighted by molar-refractivity contribution is 5.67. The minimum absolute atomic E-state index is 0.0895. The lowest BCUT2D eigenvalue weighted by atomic mass is 9.81. The Kier molecular flexibility index (Phi) is 15.7. The van der Waals surface area contributed by atoms with E-state index in [1.54, 1.807) is 14.2 Å². The molecule has 0 unspecified atom stereocenters. The molecule has 2 aromatic rings. The first-order valence-electron chi connectivity index (χ1n) is 18.0. The standard InChI is InChI=1S/C40H64N2O7/c1-28(2)32(22-31-18-19-35(45-11)37(23-31)47-21-15-20-44-10)24-34-36(48-40(8,9)42(34)41-38(43)49-39(5,6)7)25-33(29(3)4)27-46-26-30-16-13-12-14-17-30/h12-14,16-19,23,28-29,32-34,36H,15,20-22,24-27H2,1-11H3,(H,41,43)/t32-,33+,34-,36-/m0/s1. The largest absolute Gasteiger partial charge is 0.493 e. The highest BCUT2D eigenvalue weighted by Gasteiger charge is 2.50. The molecule has 4 atom stereocenters. The highest BCUT2D eigenvalue weighted by Crippen LogP contribution is 2.40. The van der Waals surface area contributed by atoms with E-state index in [2.05, 4.69) is 57.4 Å². The lowest BCUT2D eigenvalue weighted by Crippen LogP contribution is -2.56. The Morgan fingerprint density at radius 1 is 0.918 bits per heavy atom. The first-order valence-corrected chi connectivity index (χ1v) is 18.0. The Morgan fingerprint density at radius 2 is 1.61 bits per heavy atom. The predicted octanol–water partition coefficient (Wildman–Crippen LogP) is 8.44. The fraction of sp³-hybridized carbons (Fsp3) is 0.675. The molecule has 1 N–H and O–H groups in total. The smallest absolute Gasteiger partial charge is 0.422 e. The van der Waals surface area contributed by atoms with E-state index < -0.39 is 17.4 Å².